The maximum Gasteiger partial charge on any atom is 0.242 e. The van der Waals surface area contributed by atoms with E-state index in [2.05, 4.69) is 31.0 Å². The highest BCUT2D eigenvalue weighted by Crippen LogP contribution is 2.22. The summed E-state index contributed by atoms with van der Waals surface area (Å²) in [4.78, 5) is 0.231. The maximum atomic E-state index is 12.5. The third-order valence-corrected chi connectivity index (χ3v) is 5.60. The molecule has 1 heterocycles. The molecule has 0 radical (unpaired) electrons. The number of nitrogens with zero attached hydrogens (tertiary/aromatic N) is 3. The Bertz CT molecular complexity index is 686. The Labute approximate surface area is 132 Å². The zero-order valence-electron chi connectivity index (χ0n) is 11.8. The minimum Gasteiger partial charge on any atom is -0.251 e. The molecule has 21 heavy (non-hydrogen) atoms. The number of benzene rings is 1. The fourth-order valence-electron chi connectivity index (χ4n) is 1.84. The van der Waals surface area contributed by atoms with E-state index >= 15 is 0 Å². The minimum absolute atomic E-state index is 0.117. The molecule has 2 rings (SSSR count). The average Bonchev–Trinajstić information content (AvgIpc) is 2.91. The molecule has 0 saturated heterocycles. The number of hydrogen-bond donors (Lipinski definition) is 1. The smallest absolute Gasteiger partial charge is 0.242 e. The van der Waals surface area contributed by atoms with Gasteiger partial charge < -0.3 is 0 Å². The van der Waals surface area contributed by atoms with Crippen molar-refractivity contribution in [1.29, 1.82) is 0 Å². The molecule has 114 valence electrons. The third-order valence-electron chi connectivity index (χ3n) is 3.09. The predicted molar refractivity (Wildman–Crippen MR) is 83.1 cm³/mol. The summed E-state index contributed by atoms with van der Waals surface area (Å²) in [5, 5.41) is 7.61. The van der Waals surface area contributed by atoms with Crippen molar-refractivity contribution in [3.63, 3.8) is 0 Å². The second kappa shape index (κ2) is 6.67. The molecule has 1 atom stereocenters. The van der Waals surface area contributed by atoms with Crippen LogP contribution in [0.15, 0.2) is 46.0 Å². The molecular weight excluding hydrogens is 356 g/mol. The van der Waals surface area contributed by atoms with Crippen LogP contribution in [-0.4, -0.2) is 29.5 Å². The second-order valence-electron chi connectivity index (χ2n) is 5.03. The Morgan fingerprint density at radius 1 is 1.33 bits per heavy atom. The summed E-state index contributed by atoms with van der Waals surface area (Å²) >= 11 is 3.27. The molecule has 1 aromatic carbocycles. The van der Waals surface area contributed by atoms with E-state index in [9.17, 15) is 8.42 Å². The van der Waals surface area contributed by atoms with E-state index in [1.807, 2.05) is 13.8 Å². The Morgan fingerprint density at radius 3 is 2.62 bits per heavy atom. The quantitative estimate of drug-likeness (QED) is 0.841. The molecule has 0 saturated carbocycles. The van der Waals surface area contributed by atoms with Crippen molar-refractivity contribution in [2.45, 2.75) is 31.3 Å². The van der Waals surface area contributed by atoms with E-state index in [-0.39, 0.29) is 16.9 Å². The third kappa shape index (κ3) is 4.12. The largest absolute Gasteiger partial charge is 0.251 e. The van der Waals surface area contributed by atoms with Gasteiger partial charge in [-0.3, -0.25) is 4.68 Å². The van der Waals surface area contributed by atoms with Crippen molar-refractivity contribution in [2.24, 2.45) is 5.92 Å². The van der Waals surface area contributed by atoms with Gasteiger partial charge in [0.15, 0.2) is 0 Å². The van der Waals surface area contributed by atoms with Crippen LogP contribution in [0.2, 0.25) is 0 Å². The van der Waals surface area contributed by atoms with Crippen molar-refractivity contribution < 1.29 is 8.42 Å². The fourth-order valence-corrected chi connectivity index (χ4v) is 4.22. The van der Waals surface area contributed by atoms with Crippen LogP contribution in [0.25, 0.3) is 0 Å². The van der Waals surface area contributed by atoms with E-state index in [1.165, 1.54) is 0 Å². The number of aromatic nitrogens is 3. The van der Waals surface area contributed by atoms with E-state index < -0.39 is 10.0 Å². The summed E-state index contributed by atoms with van der Waals surface area (Å²) in [6, 6.07) is 6.47. The molecule has 0 aliphatic heterocycles. The van der Waals surface area contributed by atoms with Crippen LogP contribution in [0.3, 0.4) is 0 Å². The molecule has 8 heteroatoms. The lowest BCUT2D eigenvalue weighted by Gasteiger charge is -2.22. The summed E-state index contributed by atoms with van der Waals surface area (Å²) in [5.74, 6) is 0.117. The standard InChI is InChI=1S/C13H17BrN4O2S/c1-10(2)12(9-18-8-7-15-17-18)16-21(19,20)13-6-4-3-5-11(13)14/h3-8,10,12,16H,9H2,1-2H3. The molecule has 1 aromatic heterocycles. The topological polar surface area (TPSA) is 76.9 Å². The van der Waals surface area contributed by atoms with Gasteiger partial charge in [-0.1, -0.05) is 31.2 Å². The van der Waals surface area contributed by atoms with Crippen LogP contribution >= 0.6 is 15.9 Å². The fraction of sp³-hybridized carbons (Fsp3) is 0.385. The van der Waals surface area contributed by atoms with Gasteiger partial charge in [0.1, 0.15) is 0 Å². The molecule has 0 aliphatic carbocycles. The molecule has 6 nitrogen and oxygen atoms in total. The van der Waals surface area contributed by atoms with Crippen molar-refractivity contribution >= 4 is 26.0 Å². The summed E-state index contributed by atoms with van der Waals surface area (Å²) in [6.07, 6.45) is 3.28. The van der Waals surface area contributed by atoms with Crippen LogP contribution in [-0.2, 0) is 16.6 Å². The zero-order chi connectivity index (χ0) is 15.5. The highest BCUT2D eigenvalue weighted by Gasteiger charge is 2.24. The monoisotopic (exact) mass is 372 g/mol. The van der Waals surface area contributed by atoms with E-state index in [0.29, 0.717) is 11.0 Å². The Kier molecular flexibility index (Phi) is 5.13. The first kappa shape index (κ1) is 16.1. The Morgan fingerprint density at radius 2 is 2.05 bits per heavy atom. The molecule has 2 aromatic rings. The van der Waals surface area contributed by atoms with Gasteiger partial charge in [0.05, 0.1) is 17.6 Å². The van der Waals surface area contributed by atoms with Gasteiger partial charge in [-0.15, -0.1) is 5.10 Å². The maximum absolute atomic E-state index is 12.5. The van der Waals surface area contributed by atoms with Gasteiger partial charge in [0.25, 0.3) is 0 Å². The van der Waals surface area contributed by atoms with Crippen LogP contribution in [0, 0.1) is 5.92 Å². The summed E-state index contributed by atoms with van der Waals surface area (Å²) in [7, 11) is -3.60. The molecule has 0 amide bonds. The first-order valence-corrected chi connectivity index (χ1v) is 8.78. The van der Waals surface area contributed by atoms with E-state index in [1.54, 1.807) is 41.3 Å². The SMILES string of the molecule is CC(C)C(Cn1ccnn1)NS(=O)(=O)c1ccccc1Br. The normalized spacial score (nSPS) is 13.5. The van der Waals surface area contributed by atoms with Gasteiger partial charge in [-0.2, -0.15) is 0 Å². The number of nitrogens with one attached hydrogen (secondary N) is 1. The van der Waals surface area contributed by atoms with Crippen molar-refractivity contribution in [1.82, 2.24) is 19.7 Å². The van der Waals surface area contributed by atoms with Crippen molar-refractivity contribution in [3.8, 4) is 0 Å². The van der Waals surface area contributed by atoms with Gasteiger partial charge in [-0.25, -0.2) is 13.1 Å². The first-order valence-electron chi connectivity index (χ1n) is 6.51. The van der Waals surface area contributed by atoms with Gasteiger partial charge in [-0.05, 0) is 34.0 Å². The molecule has 0 bridgehead atoms. The average molecular weight is 373 g/mol. The van der Waals surface area contributed by atoms with Gasteiger partial charge >= 0.3 is 0 Å². The summed E-state index contributed by atoms with van der Waals surface area (Å²) < 4.78 is 29.9. The van der Waals surface area contributed by atoms with Gasteiger partial charge in [0.2, 0.25) is 10.0 Å². The summed E-state index contributed by atoms with van der Waals surface area (Å²) in [6.45, 7) is 4.36. The molecule has 1 unspecified atom stereocenters. The lowest BCUT2D eigenvalue weighted by molar-refractivity contribution is 0.378. The number of halogens is 1. The Balaban J connectivity index is 2.22. The zero-order valence-corrected chi connectivity index (χ0v) is 14.2. The first-order chi connectivity index (χ1) is 9.90. The van der Waals surface area contributed by atoms with Gasteiger partial charge in [0, 0.05) is 16.7 Å². The highest BCUT2D eigenvalue weighted by molar-refractivity contribution is 9.10. The molecule has 0 aliphatic rings. The lowest BCUT2D eigenvalue weighted by Crippen LogP contribution is -2.41. The van der Waals surface area contributed by atoms with Crippen LogP contribution in [0.4, 0.5) is 0 Å². The number of rotatable bonds is 6. The van der Waals surface area contributed by atoms with Crippen LogP contribution < -0.4 is 4.72 Å². The molecule has 1 N–H and O–H groups in total. The summed E-state index contributed by atoms with van der Waals surface area (Å²) in [5.41, 5.74) is 0. The Hall–Kier alpha value is -1.25. The van der Waals surface area contributed by atoms with Crippen molar-refractivity contribution in [2.75, 3.05) is 0 Å². The number of hydrogen-bond acceptors (Lipinski definition) is 4. The van der Waals surface area contributed by atoms with E-state index in [0.717, 1.165) is 0 Å². The number of sulfonamides is 1. The lowest BCUT2D eigenvalue weighted by atomic mass is 10.1. The van der Waals surface area contributed by atoms with E-state index in [4.69, 9.17) is 0 Å². The predicted octanol–water partition coefficient (Wildman–Crippen LogP) is 2.04. The van der Waals surface area contributed by atoms with Crippen molar-refractivity contribution in [3.05, 3.63) is 41.1 Å². The van der Waals surface area contributed by atoms with Crippen LogP contribution in [0.1, 0.15) is 13.8 Å². The molecular formula is C13H17BrN4O2S. The van der Waals surface area contributed by atoms with Crippen LogP contribution in [0.5, 0.6) is 0 Å². The second-order valence-corrected chi connectivity index (χ2v) is 7.56. The molecule has 0 spiro atoms. The highest BCUT2D eigenvalue weighted by atomic mass is 79.9. The molecule has 0 fully saturated rings. The minimum atomic E-state index is -3.60.